The third-order valence-electron chi connectivity index (χ3n) is 6.61. The summed E-state index contributed by atoms with van der Waals surface area (Å²) in [6.45, 7) is -0.535. The van der Waals surface area contributed by atoms with E-state index < -0.39 is 36.4 Å². The van der Waals surface area contributed by atoms with E-state index >= 15 is 0 Å². The molecule has 4 atom stereocenters. The van der Waals surface area contributed by atoms with Crippen LogP contribution in [-0.4, -0.2) is 61.3 Å². The van der Waals surface area contributed by atoms with Crippen molar-refractivity contribution in [2.24, 2.45) is 5.73 Å². The molecule has 5 rings (SSSR count). The highest BCUT2D eigenvalue weighted by Gasteiger charge is 2.58. The smallest absolute Gasteiger partial charge is 0.288 e. The Balaban J connectivity index is 1.69. The average molecular weight is 487 g/mol. The number of amides is 1. The summed E-state index contributed by atoms with van der Waals surface area (Å²) >= 11 is 0. The number of ether oxygens (including phenoxy) is 1. The Kier molecular flexibility index (Phi) is 6.38. The van der Waals surface area contributed by atoms with Gasteiger partial charge in [-0.1, -0.05) is 84.9 Å². The number of aromatic nitrogens is 3. The molecular weight excluding hydrogens is 460 g/mol. The molecule has 0 aliphatic carbocycles. The summed E-state index contributed by atoms with van der Waals surface area (Å²) in [5, 5.41) is 38.2. The van der Waals surface area contributed by atoms with Crippen molar-refractivity contribution < 1.29 is 24.9 Å². The normalized spacial score (nSPS) is 23.7. The molecule has 1 fully saturated rings. The van der Waals surface area contributed by atoms with Crippen LogP contribution in [0.2, 0.25) is 0 Å². The van der Waals surface area contributed by atoms with Gasteiger partial charge in [0.15, 0.2) is 11.4 Å². The second-order valence-electron chi connectivity index (χ2n) is 8.76. The number of rotatable bonds is 7. The van der Waals surface area contributed by atoms with Gasteiger partial charge in [0.1, 0.15) is 18.3 Å². The maximum atomic E-state index is 11.7. The number of aliphatic hydroxyl groups excluding tert-OH is 3. The van der Waals surface area contributed by atoms with Crippen LogP contribution in [0.4, 0.5) is 0 Å². The Morgan fingerprint density at radius 3 is 2.11 bits per heavy atom. The zero-order chi connectivity index (χ0) is 25.3. The number of nitrogens with one attached hydrogen (secondary N) is 1. The van der Waals surface area contributed by atoms with Crippen molar-refractivity contribution in [2.75, 3.05) is 6.61 Å². The van der Waals surface area contributed by atoms with Crippen molar-refractivity contribution >= 4 is 5.91 Å². The minimum absolute atomic E-state index is 0.00748. The Morgan fingerprint density at radius 2 is 1.58 bits per heavy atom. The SMILES string of the molecule is NC(=O)c1n[nH]c([C@]2(c3cccc(C(c4ccccc4)c4ccccc4)c3)O[C@H](CO)[C@@H](O)[C@H]2O)n1. The van der Waals surface area contributed by atoms with Gasteiger partial charge in [-0.25, -0.2) is 4.98 Å². The number of benzene rings is 3. The van der Waals surface area contributed by atoms with Crippen molar-refractivity contribution in [1.29, 1.82) is 0 Å². The molecule has 9 heteroatoms. The summed E-state index contributed by atoms with van der Waals surface area (Å²) < 4.78 is 6.10. The lowest BCUT2D eigenvalue weighted by molar-refractivity contribution is -0.0758. The lowest BCUT2D eigenvalue weighted by Gasteiger charge is -2.31. The van der Waals surface area contributed by atoms with Crippen LogP contribution in [0.5, 0.6) is 0 Å². The van der Waals surface area contributed by atoms with E-state index in [0.717, 1.165) is 16.7 Å². The lowest BCUT2D eigenvalue weighted by atomic mass is 9.81. The number of hydrogen-bond acceptors (Lipinski definition) is 7. The summed E-state index contributed by atoms with van der Waals surface area (Å²) in [7, 11) is 0. The first-order valence-corrected chi connectivity index (χ1v) is 11.5. The van der Waals surface area contributed by atoms with Gasteiger partial charge in [-0.2, -0.15) is 0 Å². The monoisotopic (exact) mass is 486 g/mol. The Labute approximate surface area is 207 Å². The summed E-state index contributed by atoms with van der Waals surface area (Å²) in [6, 6.07) is 27.4. The molecule has 1 amide bonds. The molecule has 1 aliphatic heterocycles. The molecule has 1 saturated heterocycles. The summed E-state index contributed by atoms with van der Waals surface area (Å²) in [5.41, 5.74) is 7.09. The first kappa shape index (κ1) is 23.8. The van der Waals surface area contributed by atoms with Gasteiger partial charge in [0.25, 0.3) is 5.91 Å². The number of primary amides is 1. The molecule has 0 bridgehead atoms. The molecule has 9 nitrogen and oxygen atoms in total. The fraction of sp³-hybridized carbons (Fsp3) is 0.222. The van der Waals surface area contributed by atoms with E-state index in [0.29, 0.717) is 5.56 Å². The summed E-state index contributed by atoms with van der Waals surface area (Å²) in [6.07, 6.45) is -4.03. The van der Waals surface area contributed by atoms with Crippen LogP contribution < -0.4 is 5.73 Å². The maximum Gasteiger partial charge on any atom is 0.288 e. The average Bonchev–Trinajstić information content (AvgIpc) is 3.50. The lowest BCUT2D eigenvalue weighted by Crippen LogP contribution is -2.43. The number of carbonyl (C=O) groups excluding carboxylic acids is 1. The number of carbonyl (C=O) groups is 1. The number of hydrogen-bond donors (Lipinski definition) is 5. The van der Waals surface area contributed by atoms with Gasteiger partial charge in [-0.05, 0) is 22.3 Å². The Hall–Kier alpha value is -3.89. The number of aromatic amines is 1. The van der Waals surface area contributed by atoms with Crippen molar-refractivity contribution in [3.05, 3.63) is 119 Å². The van der Waals surface area contributed by atoms with Gasteiger partial charge in [0.2, 0.25) is 5.82 Å². The number of aliphatic hydroxyl groups is 3. The topological polar surface area (TPSA) is 155 Å². The number of H-pyrrole nitrogens is 1. The van der Waals surface area contributed by atoms with Crippen LogP contribution in [0.15, 0.2) is 84.9 Å². The molecule has 0 saturated carbocycles. The molecule has 184 valence electrons. The molecule has 6 N–H and O–H groups in total. The van der Waals surface area contributed by atoms with Crippen LogP contribution in [0, 0.1) is 0 Å². The molecule has 0 radical (unpaired) electrons. The third kappa shape index (κ3) is 3.98. The highest BCUT2D eigenvalue weighted by atomic mass is 16.6. The van der Waals surface area contributed by atoms with Crippen molar-refractivity contribution in [1.82, 2.24) is 15.2 Å². The van der Waals surface area contributed by atoms with Gasteiger partial charge in [0.05, 0.1) is 6.61 Å². The van der Waals surface area contributed by atoms with Crippen molar-refractivity contribution in [3.8, 4) is 0 Å². The predicted molar refractivity (Wildman–Crippen MR) is 130 cm³/mol. The zero-order valence-corrected chi connectivity index (χ0v) is 19.2. The van der Waals surface area contributed by atoms with Crippen LogP contribution in [0.3, 0.4) is 0 Å². The molecule has 4 aromatic rings. The van der Waals surface area contributed by atoms with Crippen molar-refractivity contribution in [3.63, 3.8) is 0 Å². The largest absolute Gasteiger partial charge is 0.394 e. The fourth-order valence-electron chi connectivity index (χ4n) is 4.89. The molecule has 36 heavy (non-hydrogen) atoms. The van der Waals surface area contributed by atoms with E-state index in [9.17, 15) is 20.1 Å². The second kappa shape index (κ2) is 9.63. The van der Waals surface area contributed by atoms with Gasteiger partial charge < -0.3 is 25.8 Å². The van der Waals surface area contributed by atoms with Gasteiger partial charge in [-0.15, -0.1) is 5.10 Å². The van der Waals surface area contributed by atoms with E-state index in [2.05, 4.69) is 15.2 Å². The standard InChI is InChI=1S/C27H26N4O5/c28-24(35)25-29-26(31-30-25)27(23(34)22(33)20(15-32)36-27)19-13-7-12-18(14-19)21(16-8-3-1-4-9-16)17-10-5-2-6-11-17/h1-14,20-23,32-34H,15H2,(H2,28,35)(H,29,30,31)/t20-,22-,23-,27-/m1/s1. The molecule has 1 aliphatic rings. The maximum absolute atomic E-state index is 11.7. The first-order chi connectivity index (χ1) is 17.5. The second-order valence-corrected chi connectivity index (χ2v) is 8.76. The van der Waals surface area contributed by atoms with E-state index in [1.54, 1.807) is 6.07 Å². The zero-order valence-electron chi connectivity index (χ0n) is 19.2. The minimum Gasteiger partial charge on any atom is -0.394 e. The number of nitrogens with zero attached hydrogens (tertiary/aromatic N) is 2. The van der Waals surface area contributed by atoms with Crippen molar-refractivity contribution in [2.45, 2.75) is 29.8 Å². The predicted octanol–water partition coefficient (Wildman–Crippen LogP) is 1.44. The van der Waals surface area contributed by atoms with Crippen LogP contribution in [-0.2, 0) is 10.3 Å². The van der Waals surface area contributed by atoms with E-state index in [4.69, 9.17) is 10.5 Å². The third-order valence-corrected chi connectivity index (χ3v) is 6.61. The molecule has 2 heterocycles. The molecule has 0 spiro atoms. The number of nitrogens with two attached hydrogens (primary N) is 1. The van der Waals surface area contributed by atoms with E-state index in [1.165, 1.54) is 0 Å². The quantitative estimate of drug-likeness (QED) is 0.248. The Morgan fingerprint density at radius 1 is 0.972 bits per heavy atom. The molecule has 0 unspecified atom stereocenters. The molecule has 3 aromatic carbocycles. The van der Waals surface area contributed by atoms with Crippen LogP contribution >= 0.6 is 0 Å². The Bertz CT molecular complexity index is 1310. The van der Waals surface area contributed by atoms with Crippen LogP contribution in [0.1, 0.15) is 44.6 Å². The van der Waals surface area contributed by atoms with E-state index in [-0.39, 0.29) is 17.6 Å². The molecule has 1 aromatic heterocycles. The van der Waals surface area contributed by atoms with Gasteiger partial charge in [0, 0.05) is 5.92 Å². The fourth-order valence-corrected chi connectivity index (χ4v) is 4.89. The molecular formula is C27H26N4O5. The van der Waals surface area contributed by atoms with Gasteiger partial charge >= 0.3 is 0 Å². The van der Waals surface area contributed by atoms with E-state index in [1.807, 2.05) is 78.9 Å². The first-order valence-electron chi connectivity index (χ1n) is 11.5. The minimum atomic E-state index is -1.73. The summed E-state index contributed by atoms with van der Waals surface area (Å²) in [5.74, 6) is -1.30. The summed E-state index contributed by atoms with van der Waals surface area (Å²) in [4.78, 5) is 15.8. The highest BCUT2D eigenvalue weighted by molar-refractivity contribution is 5.88. The van der Waals surface area contributed by atoms with Crippen LogP contribution in [0.25, 0.3) is 0 Å². The highest BCUT2D eigenvalue weighted by Crippen LogP contribution is 2.45. The van der Waals surface area contributed by atoms with Gasteiger partial charge in [-0.3, -0.25) is 9.89 Å².